The molecule has 2 heterocycles. The van der Waals surface area contributed by atoms with Gasteiger partial charge in [-0.25, -0.2) is 4.98 Å². The van der Waals surface area contributed by atoms with Crippen LogP contribution in [-0.4, -0.2) is 50.7 Å². The van der Waals surface area contributed by atoms with Gasteiger partial charge in [0.1, 0.15) is 11.2 Å². The Labute approximate surface area is 171 Å². The summed E-state index contributed by atoms with van der Waals surface area (Å²) in [5.74, 6) is 0.287. The summed E-state index contributed by atoms with van der Waals surface area (Å²) in [6.45, 7) is 2.93. The number of anilines is 1. The predicted molar refractivity (Wildman–Crippen MR) is 110 cm³/mol. The summed E-state index contributed by atoms with van der Waals surface area (Å²) in [6.07, 6.45) is 1.48. The second-order valence-electron chi connectivity index (χ2n) is 6.34. The van der Waals surface area contributed by atoms with Crippen molar-refractivity contribution in [2.24, 2.45) is 7.05 Å². The van der Waals surface area contributed by atoms with E-state index in [2.05, 4.69) is 15.1 Å². The van der Waals surface area contributed by atoms with Gasteiger partial charge in [-0.2, -0.15) is 5.10 Å². The Kier molecular flexibility index (Phi) is 6.02. The third-order valence-corrected chi connectivity index (χ3v) is 5.09. The van der Waals surface area contributed by atoms with E-state index in [1.807, 2.05) is 11.8 Å². The van der Waals surface area contributed by atoms with Crippen LogP contribution in [0.15, 0.2) is 29.2 Å². The van der Waals surface area contributed by atoms with Crippen molar-refractivity contribution in [3.05, 3.63) is 50.6 Å². The Hall–Kier alpha value is -2.42. The van der Waals surface area contributed by atoms with Crippen molar-refractivity contribution in [2.75, 3.05) is 25.0 Å². The van der Waals surface area contributed by atoms with Gasteiger partial charge in [0.15, 0.2) is 5.65 Å². The SMILES string of the molecule is CCN(CC(=O)N(C)c1c(Cl)cccc1Cl)Cc1nc2c(cnn2C)c(=O)[nH]1. The molecule has 0 radical (unpaired) electrons. The van der Waals surface area contributed by atoms with Gasteiger partial charge in [0.2, 0.25) is 5.91 Å². The van der Waals surface area contributed by atoms with Gasteiger partial charge in [0.05, 0.1) is 35.0 Å². The van der Waals surface area contributed by atoms with E-state index in [1.165, 1.54) is 11.1 Å². The van der Waals surface area contributed by atoms with Gasteiger partial charge in [-0.1, -0.05) is 36.2 Å². The molecule has 8 nitrogen and oxygen atoms in total. The maximum atomic E-state index is 12.8. The number of aromatic amines is 1. The molecule has 0 aliphatic carbocycles. The van der Waals surface area contributed by atoms with Crippen molar-refractivity contribution >= 4 is 45.8 Å². The Morgan fingerprint density at radius 3 is 2.61 bits per heavy atom. The zero-order valence-electron chi connectivity index (χ0n) is 15.7. The van der Waals surface area contributed by atoms with Crippen LogP contribution < -0.4 is 10.5 Å². The fourth-order valence-electron chi connectivity index (χ4n) is 2.88. The number of carbonyl (C=O) groups is 1. The van der Waals surface area contributed by atoms with Crippen LogP contribution in [0.5, 0.6) is 0 Å². The highest BCUT2D eigenvalue weighted by Gasteiger charge is 2.20. The van der Waals surface area contributed by atoms with E-state index in [0.29, 0.717) is 45.7 Å². The van der Waals surface area contributed by atoms with Crippen molar-refractivity contribution in [3.8, 4) is 0 Å². The maximum absolute atomic E-state index is 12.8. The lowest BCUT2D eigenvalue weighted by Gasteiger charge is -2.25. The molecule has 3 rings (SSSR count). The summed E-state index contributed by atoms with van der Waals surface area (Å²) >= 11 is 12.4. The summed E-state index contributed by atoms with van der Waals surface area (Å²) in [5.41, 5.74) is 0.714. The highest BCUT2D eigenvalue weighted by Crippen LogP contribution is 2.32. The van der Waals surface area contributed by atoms with E-state index < -0.39 is 0 Å². The minimum atomic E-state index is -0.254. The molecule has 1 amide bonds. The highest BCUT2D eigenvalue weighted by atomic mass is 35.5. The van der Waals surface area contributed by atoms with E-state index >= 15 is 0 Å². The lowest BCUT2D eigenvalue weighted by molar-refractivity contribution is -0.119. The summed E-state index contributed by atoms with van der Waals surface area (Å²) in [5, 5.41) is 5.29. The number of fused-ring (bicyclic) bond motifs is 1. The first-order chi connectivity index (χ1) is 13.3. The van der Waals surface area contributed by atoms with Gasteiger partial charge < -0.3 is 9.88 Å². The average Bonchev–Trinajstić information content (AvgIpc) is 3.02. The number of rotatable bonds is 6. The number of likely N-dealkylation sites (N-methyl/N-ethyl adjacent to an activating group) is 2. The molecule has 2 aromatic heterocycles. The van der Waals surface area contributed by atoms with E-state index in [4.69, 9.17) is 23.2 Å². The third-order valence-electron chi connectivity index (χ3n) is 4.48. The van der Waals surface area contributed by atoms with Crippen molar-refractivity contribution in [3.63, 3.8) is 0 Å². The first kappa shape index (κ1) is 20.3. The Morgan fingerprint density at radius 2 is 1.96 bits per heavy atom. The van der Waals surface area contributed by atoms with E-state index in [9.17, 15) is 9.59 Å². The molecule has 0 unspecified atom stereocenters. The topological polar surface area (TPSA) is 87.1 Å². The van der Waals surface area contributed by atoms with Crippen LogP contribution in [0.3, 0.4) is 0 Å². The number of hydrogen-bond donors (Lipinski definition) is 1. The maximum Gasteiger partial charge on any atom is 0.262 e. The van der Waals surface area contributed by atoms with E-state index in [0.717, 1.165) is 0 Å². The van der Waals surface area contributed by atoms with E-state index in [-0.39, 0.29) is 18.0 Å². The average molecular weight is 423 g/mol. The largest absolute Gasteiger partial charge is 0.312 e. The first-order valence-electron chi connectivity index (χ1n) is 8.65. The predicted octanol–water partition coefficient (Wildman–Crippen LogP) is 2.45. The summed E-state index contributed by atoms with van der Waals surface area (Å²) in [6, 6.07) is 5.09. The van der Waals surface area contributed by atoms with Gasteiger partial charge in [0, 0.05) is 14.1 Å². The fraction of sp³-hybridized carbons (Fsp3) is 0.333. The van der Waals surface area contributed by atoms with Crippen molar-refractivity contribution in [2.45, 2.75) is 13.5 Å². The zero-order chi connectivity index (χ0) is 20.4. The molecule has 0 aliphatic rings. The van der Waals surface area contributed by atoms with Crippen LogP contribution in [0.4, 0.5) is 5.69 Å². The number of para-hydroxylation sites is 1. The molecule has 0 spiro atoms. The Morgan fingerprint density at radius 1 is 1.29 bits per heavy atom. The molecule has 0 saturated heterocycles. The number of aryl methyl sites for hydroxylation is 1. The minimum Gasteiger partial charge on any atom is -0.312 e. The van der Waals surface area contributed by atoms with Crippen LogP contribution >= 0.6 is 23.2 Å². The number of carbonyl (C=O) groups excluding carboxylic acids is 1. The summed E-state index contributed by atoms with van der Waals surface area (Å²) < 4.78 is 1.54. The second-order valence-corrected chi connectivity index (χ2v) is 7.16. The number of benzene rings is 1. The molecule has 1 aromatic carbocycles. The van der Waals surface area contributed by atoms with Gasteiger partial charge in [0.25, 0.3) is 5.56 Å². The molecule has 0 atom stereocenters. The molecule has 148 valence electrons. The standard InChI is InChI=1S/C18H20Cl2N6O2/c1-4-26(9-14-22-17-11(18(28)23-14)8-21-25(17)3)10-15(27)24(2)16-12(19)6-5-7-13(16)20/h5-8H,4,9-10H2,1-3H3,(H,22,23,28). The van der Waals surface area contributed by atoms with Crippen molar-refractivity contribution in [1.29, 1.82) is 0 Å². The monoisotopic (exact) mass is 422 g/mol. The number of halogens is 2. The number of aromatic nitrogens is 4. The molecule has 3 aromatic rings. The van der Waals surface area contributed by atoms with Crippen LogP contribution in [0, 0.1) is 0 Å². The Balaban J connectivity index is 1.78. The zero-order valence-corrected chi connectivity index (χ0v) is 17.3. The lowest BCUT2D eigenvalue weighted by Crippen LogP contribution is -2.39. The molecular formula is C18H20Cl2N6O2. The molecule has 0 bridgehead atoms. The van der Waals surface area contributed by atoms with Crippen LogP contribution in [0.1, 0.15) is 12.7 Å². The van der Waals surface area contributed by atoms with Crippen LogP contribution in [0.2, 0.25) is 10.0 Å². The summed E-state index contributed by atoms with van der Waals surface area (Å²) in [7, 11) is 3.35. The number of nitrogens with one attached hydrogen (secondary N) is 1. The van der Waals surface area contributed by atoms with Gasteiger partial charge in [-0.15, -0.1) is 0 Å². The second kappa shape index (κ2) is 8.30. The van der Waals surface area contributed by atoms with E-state index in [1.54, 1.807) is 37.0 Å². The van der Waals surface area contributed by atoms with Crippen LogP contribution in [-0.2, 0) is 18.4 Å². The molecule has 0 aliphatic heterocycles. The minimum absolute atomic E-state index is 0.113. The molecule has 0 saturated carbocycles. The molecular weight excluding hydrogens is 403 g/mol. The normalized spacial score (nSPS) is 11.4. The number of hydrogen-bond acceptors (Lipinski definition) is 5. The molecule has 0 fully saturated rings. The smallest absolute Gasteiger partial charge is 0.262 e. The van der Waals surface area contributed by atoms with Gasteiger partial charge in [-0.05, 0) is 18.7 Å². The molecule has 1 N–H and O–H groups in total. The number of amides is 1. The van der Waals surface area contributed by atoms with Crippen molar-refractivity contribution < 1.29 is 4.79 Å². The quantitative estimate of drug-likeness (QED) is 0.658. The number of nitrogens with zero attached hydrogens (tertiary/aromatic N) is 5. The number of H-pyrrole nitrogens is 1. The highest BCUT2D eigenvalue weighted by molar-refractivity contribution is 6.39. The van der Waals surface area contributed by atoms with Crippen molar-refractivity contribution in [1.82, 2.24) is 24.6 Å². The van der Waals surface area contributed by atoms with Gasteiger partial charge >= 0.3 is 0 Å². The van der Waals surface area contributed by atoms with Gasteiger partial charge in [-0.3, -0.25) is 19.2 Å². The lowest BCUT2D eigenvalue weighted by atomic mass is 10.3. The Bertz CT molecular complexity index is 1060. The molecule has 10 heteroatoms. The first-order valence-corrected chi connectivity index (χ1v) is 9.41. The third kappa shape index (κ3) is 4.04. The fourth-order valence-corrected chi connectivity index (χ4v) is 3.53. The van der Waals surface area contributed by atoms with Crippen LogP contribution in [0.25, 0.3) is 11.0 Å². The summed E-state index contributed by atoms with van der Waals surface area (Å²) in [4.78, 5) is 35.5. The molecule has 28 heavy (non-hydrogen) atoms.